The topological polar surface area (TPSA) is 67.8 Å². The van der Waals surface area contributed by atoms with Crippen molar-refractivity contribution in [3.8, 4) is 0 Å². The first kappa shape index (κ1) is 16.9. The number of esters is 1. The second-order valence-electron chi connectivity index (χ2n) is 6.02. The molecule has 128 valence electrons. The second kappa shape index (κ2) is 7.75. The van der Waals surface area contributed by atoms with Crippen LogP contribution in [0.4, 0.5) is 5.69 Å². The van der Waals surface area contributed by atoms with E-state index in [9.17, 15) is 9.59 Å². The Kier molecular flexibility index (Phi) is 5.23. The summed E-state index contributed by atoms with van der Waals surface area (Å²) in [6.07, 6.45) is 0.693. The quantitative estimate of drug-likeness (QED) is 0.528. The van der Waals surface area contributed by atoms with Crippen LogP contribution in [0.15, 0.2) is 65.8 Å². The molecule has 25 heavy (non-hydrogen) atoms. The molecule has 1 aliphatic carbocycles. The number of carbonyl (C=O) groups is 2. The molecule has 1 N–H and O–H groups in total. The molecular formula is C20H20N2O3. The van der Waals surface area contributed by atoms with E-state index in [0.717, 1.165) is 17.0 Å². The summed E-state index contributed by atoms with van der Waals surface area (Å²) in [6, 6.07) is 19.1. The molecule has 1 aliphatic rings. The Morgan fingerprint density at radius 2 is 1.72 bits per heavy atom. The van der Waals surface area contributed by atoms with Gasteiger partial charge in [0, 0.05) is 18.1 Å². The Labute approximate surface area is 146 Å². The largest absolute Gasteiger partial charge is 0.468 e. The summed E-state index contributed by atoms with van der Waals surface area (Å²) < 4.78 is 4.86. The normalized spacial score (nSPS) is 21.8. The molecule has 5 nitrogen and oxygen atoms in total. The molecule has 0 aromatic heterocycles. The molecule has 0 amide bonds. The number of hydrazone groups is 1. The van der Waals surface area contributed by atoms with Crippen molar-refractivity contribution in [2.75, 3.05) is 12.5 Å². The summed E-state index contributed by atoms with van der Waals surface area (Å²) >= 11 is 0. The highest BCUT2D eigenvalue weighted by Gasteiger charge is 2.41. The molecule has 0 heterocycles. The van der Waals surface area contributed by atoms with E-state index >= 15 is 0 Å². The van der Waals surface area contributed by atoms with Gasteiger partial charge in [-0.25, -0.2) is 0 Å². The van der Waals surface area contributed by atoms with Crippen molar-refractivity contribution >= 4 is 23.2 Å². The first-order chi connectivity index (χ1) is 12.2. The number of rotatable bonds is 4. The molecule has 0 spiro atoms. The lowest BCUT2D eigenvalue weighted by molar-refractivity contribution is -0.150. The number of hydrogen-bond donors (Lipinski definition) is 1. The number of nitrogens with one attached hydrogen (secondary N) is 1. The zero-order valence-electron chi connectivity index (χ0n) is 14.0. The summed E-state index contributed by atoms with van der Waals surface area (Å²) in [6.45, 7) is 0. The number of nitrogens with zero attached hydrogens (tertiary/aromatic N) is 1. The van der Waals surface area contributed by atoms with Crippen molar-refractivity contribution in [3.05, 3.63) is 66.2 Å². The molecular weight excluding hydrogens is 316 g/mol. The van der Waals surface area contributed by atoms with Crippen LogP contribution in [0.2, 0.25) is 0 Å². The SMILES string of the molecule is COC(=O)[C@@H]1C(=O)C/C(=N\Nc2ccccc2)C[C@@H]1c1ccccc1. The summed E-state index contributed by atoms with van der Waals surface area (Å²) in [5, 5.41) is 4.39. The van der Waals surface area contributed by atoms with Gasteiger partial charge in [0.25, 0.3) is 0 Å². The van der Waals surface area contributed by atoms with Crippen LogP contribution in [-0.4, -0.2) is 24.6 Å². The van der Waals surface area contributed by atoms with Gasteiger partial charge in [-0.1, -0.05) is 48.5 Å². The average Bonchev–Trinajstić information content (AvgIpc) is 2.67. The lowest BCUT2D eigenvalue weighted by Gasteiger charge is -2.29. The third-order valence-electron chi connectivity index (χ3n) is 4.38. The van der Waals surface area contributed by atoms with Crippen LogP contribution in [0, 0.1) is 5.92 Å². The van der Waals surface area contributed by atoms with Crippen LogP contribution in [0.25, 0.3) is 0 Å². The van der Waals surface area contributed by atoms with E-state index in [1.165, 1.54) is 7.11 Å². The standard InChI is InChI=1S/C20H20N2O3/c1-25-20(24)19-17(14-8-4-2-5-9-14)12-16(13-18(19)23)22-21-15-10-6-3-7-11-15/h2-11,17,19,21H,12-13H2,1H3/b22-16-/t17-,19+/m1/s1. The predicted octanol–water partition coefficient (Wildman–Crippen LogP) is 3.39. The lowest BCUT2D eigenvalue weighted by Crippen LogP contribution is -2.38. The molecule has 5 heteroatoms. The van der Waals surface area contributed by atoms with Crippen molar-refractivity contribution < 1.29 is 14.3 Å². The van der Waals surface area contributed by atoms with Crippen molar-refractivity contribution in [1.29, 1.82) is 0 Å². The summed E-state index contributed by atoms with van der Waals surface area (Å²) in [7, 11) is 1.32. The maximum atomic E-state index is 12.6. The third-order valence-corrected chi connectivity index (χ3v) is 4.38. The highest BCUT2D eigenvalue weighted by molar-refractivity contribution is 6.13. The Morgan fingerprint density at radius 3 is 2.36 bits per heavy atom. The number of para-hydroxylation sites is 1. The van der Waals surface area contributed by atoms with E-state index < -0.39 is 11.9 Å². The van der Waals surface area contributed by atoms with Gasteiger partial charge < -0.3 is 4.74 Å². The molecule has 2 aromatic rings. The smallest absolute Gasteiger partial charge is 0.316 e. The van der Waals surface area contributed by atoms with Crippen LogP contribution >= 0.6 is 0 Å². The zero-order chi connectivity index (χ0) is 17.6. The summed E-state index contributed by atoms with van der Waals surface area (Å²) in [5.41, 5.74) is 5.52. The van der Waals surface area contributed by atoms with Crippen LogP contribution in [-0.2, 0) is 14.3 Å². The van der Waals surface area contributed by atoms with Crippen LogP contribution in [0.3, 0.4) is 0 Å². The number of benzene rings is 2. The Balaban J connectivity index is 1.85. The molecule has 0 unspecified atom stereocenters. The van der Waals surface area contributed by atoms with Gasteiger partial charge in [0.1, 0.15) is 5.92 Å². The maximum Gasteiger partial charge on any atom is 0.316 e. The van der Waals surface area contributed by atoms with Gasteiger partial charge in [-0.3, -0.25) is 15.0 Å². The highest BCUT2D eigenvalue weighted by atomic mass is 16.5. The van der Waals surface area contributed by atoms with E-state index in [4.69, 9.17) is 4.74 Å². The van der Waals surface area contributed by atoms with Crippen molar-refractivity contribution in [3.63, 3.8) is 0 Å². The van der Waals surface area contributed by atoms with Crippen LogP contribution < -0.4 is 5.43 Å². The van der Waals surface area contributed by atoms with Crippen LogP contribution in [0.5, 0.6) is 0 Å². The minimum atomic E-state index is -0.775. The number of methoxy groups -OCH3 is 1. The predicted molar refractivity (Wildman–Crippen MR) is 96.4 cm³/mol. The van der Waals surface area contributed by atoms with Crippen LogP contribution in [0.1, 0.15) is 24.3 Å². The molecule has 1 saturated carbocycles. The third kappa shape index (κ3) is 3.94. The minimum absolute atomic E-state index is 0.152. The van der Waals surface area contributed by atoms with Gasteiger partial charge in [-0.05, 0) is 24.1 Å². The first-order valence-corrected chi connectivity index (χ1v) is 8.21. The molecule has 0 saturated heterocycles. The number of ketones is 1. The van der Waals surface area contributed by atoms with Gasteiger partial charge in [0.05, 0.1) is 12.8 Å². The first-order valence-electron chi connectivity index (χ1n) is 8.21. The summed E-state index contributed by atoms with van der Waals surface area (Å²) in [5.74, 6) is -1.66. The van der Waals surface area contributed by atoms with E-state index in [0.29, 0.717) is 6.42 Å². The van der Waals surface area contributed by atoms with Gasteiger partial charge >= 0.3 is 5.97 Å². The van der Waals surface area contributed by atoms with Gasteiger partial charge in [0.2, 0.25) is 0 Å². The number of Topliss-reactive ketones (excluding diaryl/α,β-unsaturated/α-hetero) is 1. The monoisotopic (exact) mass is 336 g/mol. The average molecular weight is 336 g/mol. The Bertz CT molecular complexity index is 772. The van der Waals surface area contributed by atoms with Crippen molar-refractivity contribution in [2.24, 2.45) is 11.0 Å². The molecule has 0 bridgehead atoms. The van der Waals surface area contributed by atoms with Gasteiger partial charge in [-0.2, -0.15) is 5.10 Å². The van der Waals surface area contributed by atoms with E-state index in [1.807, 2.05) is 60.7 Å². The highest BCUT2D eigenvalue weighted by Crippen LogP contribution is 2.35. The van der Waals surface area contributed by atoms with Gasteiger partial charge in [-0.15, -0.1) is 0 Å². The minimum Gasteiger partial charge on any atom is -0.468 e. The number of anilines is 1. The van der Waals surface area contributed by atoms with Crippen molar-refractivity contribution in [1.82, 2.24) is 0 Å². The summed E-state index contributed by atoms with van der Waals surface area (Å²) in [4.78, 5) is 24.7. The van der Waals surface area contributed by atoms with E-state index in [1.54, 1.807) is 0 Å². The Hall–Kier alpha value is -2.95. The number of carbonyl (C=O) groups excluding carboxylic acids is 2. The fourth-order valence-electron chi connectivity index (χ4n) is 3.15. The molecule has 2 aromatic carbocycles. The molecule has 0 radical (unpaired) electrons. The van der Waals surface area contributed by atoms with E-state index in [-0.39, 0.29) is 18.1 Å². The number of hydrogen-bond acceptors (Lipinski definition) is 5. The molecule has 3 rings (SSSR count). The fourth-order valence-corrected chi connectivity index (χ4v) is 3.15. The zero-order valence-corrected chi connectivity index (χ0v) is 14.0. The second-order valence-corrected chi connectivity index (χ2v) is 6.02. The van der Waals surface area contributed by atoms with Crippen molar-refractivity contribution in [2.45, 2.75) is 18.8 Å². The lowest BCUT2D eigenvalue weighted by atomic mass is 9.74. The van der Waals surface area contributed by atoms with E-state index in [2.05, 4.69) is 10.5 Å². The molecule has 2 atom stereocenters. The fraction of sp³-hybridized carbons (Fsp3) is 0.250. The molecule has 0 aliphatic heterocycles. The number of ether oxygens (including phenoxy) is 1. The molecule has 1 fully saturated rings. The van der Waals surface area contributed by atoms with Gasteiger partial charge in [0.15, 0.2) is 5.78 Å². The Morgan fingerprint density at radius 1 is 1.08 bits per heavy atom. The maximum absolute atomic E-state index is 12.6.